The third-order valence-corrected chi connectivity index (χ3v) is 2.98. The first-order valence-corrected chi connectivity index (χ1v) is 5.96. The number of aryl methyl sites for hydroxylation is 2. The van der Waals surface area contributed by atoms with Crippen molar-refractivity contribution >= 4 is 17.2 Å². The summed E-state index contributed by atoms with van der Waals surface area (Å²) in [6, 6.07) is 6.23. The lowest BCUT2D eigenvalue weighted by atomic mass is 10.0. The molecule has 1 aliphatic rings. The van der Waals surface area contributed by atoms with Gasteiger partial charge in [0, 0.05) is 23.7 Å². The summed E-state index contributed by atoms with van der Waals surface area (Å²) in [5.74, 6) is 0. The molecular weight excluding hydrogens is 198 g/mol. The minimum atomic E-state index is 0.823. The minimum Gasteiger partial charge on any atom is -0.347 e. The van der Waals surface area contributed by atoms with Gasteiger partial charge in [-0.1, -0.05) is 32.0 Å². The zero-order valence-electron chi connectivity index (χ0n) is 9.86. The number of hydrogen-bond acceptors (Lipinski definition) is 1. The molecule has 0 spiro atoms. The summed E-state index contributed by atoms with van der Waals surface area (Å²) in [5.41, 5.74) is 3.46. The summed E-state index contributed by atoms with van der Waals surface area (Å²) in [4.78, 5) is 10.9. The highest BCUT2D eigenvalue weighted by Gasteiger charge is 2.14. The highest BCUT2D eigenvalue weighted by molar-refractivity contribution is 5.99. The van der Waals surface area contributed by atoms with Crippen molar-refractivity contribution in [3.63, 3.8) is 0 Å². The van der Waals surface area contributed by atoms with E-state index in [-0.39, 0.29) is 0 Å². The Bertz CT molecular complexity index is 511. The summed E-state index contributed by atoms with van der Waals surface area (Å²) < 4.78 is 2.21. The van der Waals surface area contributed by atoms with Crippen LogP contribution in [0.2, 0.25) is 0 Å². The highest BCUT2D eigenvalue weighted by atomic mass is 16.1. The monoisotopic (exact) mass is 215 g/mol. The maximum Gasteiger partial charge on any atom is 0.152 e. The van der Waals surface area contributed by atoms with Gasteiger partial charge in [0.05, 0.1) is 5.52 Å². The number of aromatic nitrogens is 1. The van der Waals surface area contributed by atoms with Crippen LogP contribution in [0.25, 0.3) is 10.9 Å². The number of carbonyl (C=O) groups excluding carboxylic acids is 1. The molecule has 2 heteroatoms. The van der Waals surface area contributed by atoms with E-state index >= 15 is 0 Å². The molecule has 0 aliphatic carbocycles. The Kier molecular flexibility index (Phi) is 3.09. The number of para-hydroxylation sites is 1. The molecule has 16 heavy (non-hydrogen) atoms. The number of benzene rings is 1. The first-order valence-electron chi connectivity index (χ1n) is 5.96. The van der Waals surface area contributed by atoms with Crippen LogP contribution < -0.4 is 0 Å². The van der Waals surface area contributed by atoms with E-state index < -0.39 is 0 Å². The van der Waals surface area contributed by atoms with Crippen LogP contribution in [0.3, 0.4) is 0 Å². The molecule has 0 fully saturated rings. The van der Waals surface area contributed by atoms with Crippen LogP contribution >= 0.6 is 0 Å². The normalized spacial score (nSPS) is 13.1. The van der Waals surface area contributed by atoms with Crippen LogP contribution in [-0.4, -0.2) is 10.9 Å². The van der Waals surface area contributed by atoms with Crippen molar-refractivity contribution in [2.24, 2.45) is 0 Å². The fourth-order valence-corrected chi connectivity index (χ4v) is 2.38. The Morgan fingerprint density at radius 3 is 2.88 bits per heavy atom. The van der Waals surface area contributed by atoms with Crippen LogP contribution in [-0.2, 0) is 13.0 Å². The maximum atomic E-state index is 10.9. The average Bonchev–Trinajstić information content (AvgIpc) is 2.73. The molecule has 0 saturated carbocycles. The fourth-order valence-electron chi connectivity index (χ4n) is 2.38. The molecule has 0 unspecified atom stereocenters. The average molecular weight is 215 g/mol. The second-order valence-corrected chi connectivity index (χ2v) is 3.81. The molecule has 2 nitrogen and oxygen atoms in total. The van der Waals surface area contributed by atoms with Gasteiger partial charge in [-0.25, -0.2) is 0 Å². The van der Waals surface area contributed by atoms with Crippen LogP contribution in [0.5, 0.6) is 0 Å². The Hall–Kier alpha value is -1.57. The first kappa shape index (κ1) is 10.9. The molecule has 0 saturated heterocycles. The summed E-state index contributed by atoms with van der Waals surface area (Å²) >= 11 is 0. The van der Waals surface area contributed by atoms with Gasteiger partial charge >= 0.3 is 0 Å². The molecule has 3 rings (SSSR count). The first-order chi connectivity index (χ1) is 7.90. The smallest absolute Gasteiger partial charge is 0.152 e. The highest BCUT2D eigenvalue weighted by Crippen LogP contribution is 2.28. The predicted octanol–water partition coefficient (Wildman–Crippen LogP) is 3.43. The zero-order valence-corrected chi connectivity index (χ0v) is 9.86. The molecule has 1 aliphatic heterocycles. The van der Waals surface area contributed by atoms with Gasteiger partial charge in [-0.15, -0.1) is 0 Å². The van der Waals surface area contributed by atoms with E-state index in [1.165, 1.54) is 17.5 Å². The van der Waals surface area contributed by atoms with Crippen molar-refractivity contribution in [2.75, 3.05) is 0 Å². The molecule has 0 radical (unpaired) electrons. The van der Waals surface area contributed by atoms with Crippen LogP contribution in [0.15, 0.2) is 24.4 Å². The van der Waals surface area contributed by atoms with Crippen LogP contribution in [0.4, 0.5) is 0 Å². The van der Waals surface area contributed by atoms with E-state index in [0.717, 1.165) is 30.2 Å². The zero-order chi connectivity index (χ0) is 11.5. The molecule has 1 aromatic carbocycles. The van der Waals surface area contributed by atoms with Gasteiger partial charge in [0.1, 0.15) is 0 Å². The maximum absolute atomic E-state index is 10.9. The van der Waals surface area contributed by atoms with E-state index in [2.05, 4.69) is 10.6 Å². The largest absolute Gasteiger partial charge is 0.347 e. The van der Waals surface area contributed by atoms with E-state index in [9.17, 15) is 4.79 Å². The molecule has 2 heterocycles. The number of nitrogens with zero attached hydrogens (tertiary/aromatic N) is 1. The molecule has 0 bridgehead atoms. The Morgan fingerprint density at radius 2 is 2.12 bits per heavy atom. The summed E-state index contributed by atoms with van der Waals surface area (Å²) in [6.45, 7) is 5.04. The van der Waals surface area contributed by atoms with E-state index in [4.69, 9.17) is 0 Å². The van der Waals surface area contributed by atoms with Gasteiger partial charge in [-0.05, 0) is 18.4 Å². The summed E-state index contributed by atoms with van der Waals surface area (Å²) in [5, 5.41) is 1.11. The van der Waals surface area contributed by atoms with Crippen molar-refractivity contribution < 1.29 is 4.79 Å². The lowest BCUT2D eigenvalue weighted by molar-refractivity contribution is 0.112. The van der Waals surface area contributed by atoms with Crippen molar-refractivity contribution in [2.45, 2.75) is 33.2 Å². The summed E-state index contributed by atoms with van der Waals surface area (Å²) in [7, 11) is 0. The van der Waals surface area contributed by atoms with Gasteiger partial charge in [-0.3, -0.25) is 4.79 Å². The molecule has 1 aromatic heterocycles. The Morgan fingerprint density at radius 1 is 1.31 bits per heavy atom. The lowest BCUT2D eigenvalue weighted by Gasteiger charge is -2.14. The molecular formula is C14H17NO. The third kappa shape index (κ3) is 1.54. The van der Waals surface area contributed by atoms with Crippen molar-refractivity contribution in [3.8, 4) is 0 Å². The second-order valence-electron chi connectivity index (χ2n) is 3.81. The molecule has 2 aromatic rings. The van der Waals surface area contributed by atoms with Crippen molar-refractivity contribution in [3.05, 3.63) is 35.5 Å². The van der Waals surface area contributed by atoms with Gasteiger partial charge in [-0.2, -0.15) is 0 Å². The van der Waals surface area contributed by atoms with E-state index in [1.807, 2.05) is 32.2 Å². The number of hydrogen-bond donors (Lipinski definition) is 0. The van der Waals surface area contributed by atoms with Crippen molar-refractivity contribution in [1.82, 2.24) is 4.57 Å². The van der Waals surface area contributed by atoms with Crippen LogP contribution in [0.1, 0.15) is 36.2 Å². The number of carbonyl (C=O) groups is 1. The van der Waals surface area contributed by atoms with Crippen molar-refractivity contribution in [1.29, 1.82) is 0 Å². The van der Waals surface area contributed by atoms with Gasteiger partial charge in [0.2, 0.25) is 0 Å². The number of aldehydes is 1. The van der Waals surface area contributed by atoms with Gasteiger partial charge < -0.3 is 4.57 Å². The number of rotatable bonds is 1. The van der Waals surface area contributed by atoms with Gasteiger partial charge in [0.25, 0.3) is 0 Å². The van der Waals surface area contributed by atoms with E-state index in [0.29, 0.717) is 0 Å². The SMILES string of the molecule is CC.O=Cc1cn2c3c(cccc13)CCC2. The van der Waals surface area contributed by atoms with Gasteiger partial charge in [0.15, 0.2) is 6.29 Å². The molecule has 84 valence electrons. The molecule has 0 amide bonds. The molecule has 0 atom stereocenters. The quantitative estimate of drug-likeness (QED) is 0.668. The summed E-state index contributed by atoms with van der Waals surface area (Å²) in [6.07, 6.45) is 5.24. The lowest BCUT2D eigenvalue weighted by Crippen LogP contribution is -2.05. The fraction of sp³-hybridized carbons (Fsp3) is 0.357. The Labute approximate surface area is 95.9 Å². The molecule has 0 N–H and O–H groups in total. The van der Waals surface area contributed by atoms with Crippen LogP contribution in [0, 0.1) is 0 Å². The predicted molar refractivity (Wildman–Crippen MR) is 67.0 cm³/mol. The Balaban J connectivity index is 0.000000457. The third-order valence-electron chi connectivity index (χ3n) is 2.98. The van der Waals surface area contributed by atoms with E-state index in [1.54, 1.807) is 0 Å². The minimum absolute atomic E-state index is 0.823. The standard InChI is InChI=1S/C12H11NO.C2H6/c14-8-10-7-13-6-2-4-9-3-1-5-11(10)12(9)13;1-2/h1,3,5,7-8H,2,4,6H2;1-2H3. The second kappa shape index (κ2) is 4.52. The topological polar surface area (TPSA) is 22.0 Å².